The van der Waals surface area contributed by atoms with Crippen LogP contribution in [0.3, 0.4) is 0 Å². The first-order valence-corrected chi connectivity index (χ1v) is 5.82. The van der Waals surface area contributed by atoms with E-state index in [1.807, 2.05) is 20.8 Å². The Balaban J connectivity index is 2.92. The first kappa shape index (κ1) is 14.0. The molecule has 1 amide bonds. The molecule has 0 fully saturated rings. The summed E-state index contributed by atoms with van der Waals surface area (Å²) < 4.78 is 5.44. The quantitative estimate of drug-likeness (QED) is 0.824. The molecule has 1 aromatic rings. The van der Waals surface area contributed by atoms with E-state index in [9.17, 15) is 4.79 Å². The van der Waals surface area contributed by atoms with Crippen molar-refractivity contribution < 1.29 is 9.53 Å². The highest BCUT2D eigenvalue weighted by molar-refractivity contribution is 5.91. The predicted octanol–water partition coefficient (Wildman–Crippen LogP) is 1.80. The van der Waals surface area contributed by atoms with Crippen LogP contribution in [-0.4, -0.2) is 19.6 Å². The molecule has 4 nitrogen and oxygen atoms in total. The van der Waals surface area contributed by atoms with Gasteiger partial charge < -0.3 is 10.1 Å². The number of nitrogens with zero attached hydrogens (tertiary/aromatic N) is 1. The molecule has 18 heavy (non-hydrogen) atoms. The summed E-state index contributed by atoms with van der Waals surface area (Å²) in [5.41, 5.74) is 4.53. The third-order valence-corrected chi connectivity index (χ3v) is 3.08. The van der Waals surface area contributed by atoms with Crippen molar-refractivity contribution in [2.24, 2.45) is 0 Å². The topological polar surface area (TPSA) is 62.1 Å². The SMILES string of the molecule is COc1c(C)c(C)cc(C)c1CCNC(=O)C#N. The molecule has 0 aliphatic rings. The van der Waals surface area contributed by atoms with Crippen LogP contribution in [0.25, 0.3) is 0 Å². The second-order valence-electron chi connectivity index (χ2n) is 4.26. The van der Waals surface area contributed by atoms with Gasteiger partial charge in [0.1, 0.15) is 5.75 Å². The number of nitriles is 1. The number of hydrogen-bond acceptors (Lipinski definition) is 3. The minimum Gasteiger partial charge on any atom is -0.496 e. The van der Waals surface area contributed by atoms with E-state index in [0.717, 1.165) is 22.4 Å². The summed E-state index contributed by atoms with van der Waals surface area (Å²) >= 11 is 0. The molecule has 0 radical (unpaired) electrons. The zero-order chi connectivity index (χ0) is 13.7. The number of rotatable bonds is 4. The Bertz CT molecular complexity index is 501. The third kappa shape index (κ3) is 3.01. The first-order valence-electron chi connectivity index (χ1n) is 5.82. The largest absolute Gasteiger partial charge is 0.496 e. The first-order chi connectivity index (χ1) is 8.51. The van der Waals surface area contributed by atoms with E-state index in [0.29, 0.717) is 13.0 Å². The zero-order valence-electron chi connectivity index (χ0n) is 11.3. The van der Waals surface area contributed by atoms with E-state index in [4.69, 9.17) is 10.00 Å². The summed E-state index contributed by atoms with van der Waals surface area (Å²) in [7, 11) is 1.65. The fraction of sp³-hybridized carbons (Fsp3) is 0.429. The van der Waals surface area contributed by atoms with Crippen LogP contribution in [0.1, 0.15) is 22.3 Å². The summed E-state index contributed by atoms with van der Waals surface area (Å²) in [4.78, 5) is 10.9. The molecule has 0 heterocycles. The molecule has 0 atom stereocenters. The van der Waals surface area contributed by atoms with Crippen LogP contribution in [-0.2, 0) is 11.2 Å². The van der Waals surface area contributed by atoms with E-state index in [2.05, 4.69) is 11.4 Å². The van der Waals surface area contributed by atoms with Gasteiger partial charge in [-0.05, 0) is 49.4 Å². The Labute approximate surface area is 108 Å². The van der Waals surface area contributed by atoms with Crippen molar-refractivity contribution in [3.63, 3.8) is 0 Å². The highest BCUT2D eigenvalue weighted by Crippen LogP contribution is 2.29. The van der Waals surface area contributed by atoms with Crippen LogP contribution >= 0.6 is 0 Å². The average molecular weight is 246 g/mol. The average Bonchev–Trinajstić information content (AvgIpc) is 2.35. The van der Waals surface area contributed by atoms with Crippen LogP contribution in [0.4, 0.5) is 0 Å². The van der Waals surface area contributed by atoms with Gasteiger partial charge in [-0.25, -0.2) is 0 Å². The van der Waals surface area contributed by atoms with E-state index in [1.165, 1.54) is 11.6 Å². The van der Waals surface area contributed by atoms with Crippen molar-refractivity contribution in [2.75, 3.05) is 13.7 Å². The predicted molar refractivity (Wildman–Crippen MR) is 69.5 cm³/mol. The number of amides is 1. The monoisotopic (exact) mass is 246 g/mol. The molecule has 0 spiro atoms. The number of hydrogen-bond donors (Lipinski definition) is 1. The minimum absolute atomic E-state index is 0.437. The van der Waals surface area contributed by atoms with Crippen molar-refractivity contribution in [1.29, 1.82) is 5.26 Å². The van der Waals surface area contributed by atoms with E-state index in [1.54, 1.807) is 7.11 Å². The molecular weight excluding hydrogens is 228 g/mol. The van der Waals surface area contributed by atoms with Gasteiger partial charge in [0, 0.05) is 6.54 Å². The van der Waals surface area contributed by atoms with E-state index < -0.39 is 5.91 Å². The minimum atomic E-state index is -0.601. The molecule has 0 unspecified atom stereocenters. The lowest BCUT2D eigenvalue weighted by atomic mass is 9.97. The number of benzene rings is 1. The maximum atomic E-state index is 10.9. The third-order valence-electron chi connectivity index (χ3n) is 3.08. The van der Waals surface area contributed by atoms with Gasteiger partial charge in [0.2, 0.25) is 0 Å². The van der Waals surface area contributed by atoms with E-state index in [-0.39, 0.29) is 0 Å². The van der Waals surface area contributed by atoms with Crippen molar-refractivity contribution in [3.8, 4) is 11.8 Å². The number of aryl methyl sites for hydroxylation is 2. The molecule has 96 valence electrons. The van der Waals surface area contributed by atoms with Crippen molar-refractivity contribution >= 4 is 5.91 Å². The molecule has 1 aromatic carbocycles. The fourth-order valence-corrected chi connectivity index (χ4v) is 2.03. The van der Waals surface area contributed by atoms with Crippen LogP contribution in [0, 0.1) is 32.1 Å². The molecule has 0 aliphatic heterocycles. The number of carbonyl (C=O) groups excluding carboxylic acids is 1. The second kappa shape index (κ2) is 6.06. The Morgan fingerprint density at radius 1 is 1.39 bits per heavy atom. The number of nitrogens with one attached hydrogen (secondary N) is 1. The normalized spacial score (nSPS) is 9.72. The van der Waals surface area contributed by atoms with Crippen LogP contribution in [0.5, 0.6) is 5.75 Å². The van der Waals surface area contributed by atoms with Gasteiger partial charge in [-0.15, -0.1) is 0 Å². The Kier molecular flexibility index (Phi) is 4.73. The van der Waals surface area contributed by atoms with Crippen LogP contribution in [0.15, 0.2) is 6.07 Å². The molecule has 0 aliphatic carbocycles. The standard InChI is InChI=1S/C14H18N2O2/c1-9-7-10(2)12(14(18-4)11(9)3)5-6-16-13(17)8-15/h7H,5-6H2,1-4H3,(H,16,17). The molecular formula is C14H18N2O2. The molecule has 4 heteroatoms. The molecule has 0 saturated heterocycles. The van der Waals surface area contributed by atoms with E-state index >= 15 is 0 Å². The van der Waals surface area contributed by atoms with Crippen molar-refractivity contribution in [3.05, 3.63) is 28.3 Å². The smallest absolute Gasteiger partial charge is 0.322 e. The molecule has 1 rings (SSSR count). The molecule has 0 saturated carbocycles. The zero-order valence-corrected chi connectivity index (χ0v) is 11.3. The molecule has 0 aromatic heterocycles. The van der Waals surface area contributed by atoms with Gasteiger partial charge in [-0.2, -0.15) is 5.26 Å². The van der Waals surface area contributed by atoms with Crippen molar-refractivity contribution in [2.45, 2.75) is 27.2 Å². The van der Waals surface area contributed by atoms with Gasteiger partial charge in [-0.1, -0.05) is 6.07 Å². The van der Waals surface area contributed by atoms with Crippen molar-refractivity contribution in [1.82, 2.24) is 5.32 Å². The maximum Gasteiger partial charge on any atom is 0.322 e. The maximum absolute atomic E-state index is 10.9. The highest BCUT2D eigenvalue weighted by atomic mass is 16.5. The lowest BCUT2D eigenvalue weighted by Gasteiger charge is -2.16. The Morgan fingerprint density at radius 2 is 2.06 bits per heavy atom. The summed E-state index contributed by atoms with van der Waals surface area (Å²) in [6.45, 7) is 6.53. The van der Waals surface area contributed by atoms with Crippen LogP contribution < -0.4 is 10.1 Å². The fourth-order valence-electron chi connectivity index (χ4n) is 2.03. The summed E-state index contributed by atoms with van der Waals surface area (Å²) in [6, 6.07) is 3.64. The highest BCUT2D eigenvalue weighted by Gasteiger charge is 2.12. The summed E-state index contributed by atoms with van der Waals surface area (Å²) in [5.74, 6) is 0.272. The summed E-state index contributed by atoms with van der Waals surface area (Å²) in [6.07, 6.45) is 0.656. The van der Waals surface area contributed by atoms with Crippen LogP contribution in [0.2, 0.25) is 0 Å². The second-order valence-corrected chi connectivity index (χ2v) is 4.26. The molecule has 0 bridgehead atoms. The lowest BCUT2D eigenvalue weighted by molar-refractivity contribution is -0.115. The van der Waals surface area contributed by atoms with Gasteiger partial charge in [0.25, 0.3) is 0 Å². The van der Waals surface area contributed by atoms with Gasteiger partial charge >= 0.3 is 5.91 Å². The van der Waals surface area contributed by atoms with Gasteiger partial charge in [-0.3, -0.25) is 4.79 Å². The Hall–Kier alpha value is -2.02. The molecule has 1 N–H and O–H groups in total. The number of ether oxygens (including phenoxy) is 1. The number of carbonyl (C=O) groups is 1. The van der Waals surface area contributed by atoms with Gasteiger partial charge in [0.15, 0.2) is 6.07 Å². The number of methoxy groups -OCH3 is 1. The lowest BCUT2D eigenvalue weighted by Crippen LogP contribution is -2.24. The Morgan fingerprint density at radius 3 is 2.61 bits per heavy atom. The summed E-state index contributed by atoms with van der Waals surface area (Å²) in [5, 5.41) is 10.9. The van der Waals surface area contributed by atoms with Gasteiger partial charge in [0.05, 0.1) is 7.11 Å².